The lowest BCUT2D eigenvalue weighted by molar-refractivity contribution is 0.190. The van der Waals surface area contributed by atoms with Crippen molar-refractivity contribution in [3.05, 3.63) is 11.7 Å². The molecular weight excluding hydrogens is 228 g/mol. The van der Waals surface area contributed by atoms with Crippen molar-refractivity contribution in [1.82, 2.24) is 20.4 Å². The van der Waals surface area contributed by atoms with E-state index in [0.29, 0.717) is 5.41 Å². The first-order valence-corrected chi connectivity index (χ1v) is 6.69. The van der Waals surface area contributed by atoms with Crippen molar-refractivity contribution in [2.45, 2.75) is 39.7 Å². The van der Waals surface area contributed by atoms with E-state index in [1.807, 2.05) is 0 Å². The molecule has 0 spiro atoms. The van der Waals surface area contributed by atoms with Crippen LogP contribution in [0.3, 0.4) is 0 Å². The van der Waals surface area contributed by atoms with Gasteiger partial charge in [0.2, 0.25) is 5.89 Å². The second-order valence-electron chi connectivity index (χ2n) is 6.31. The minimum Gasteiger partial charge on any atom is -0.339 e. The first-order chi connectivity index (χ1) is 8.46. The SMILES string of the molecule is CN1CCNCC1c1noc(CCC(C)(C)C)n1. The number of hydrogen-bond donors (Lipinski definition) is 1. The molecule has 18 heavy (non-hydrogen) atoms. The van der Waals surface area contributed by atoms with Crippen LogP contribution in [-0.2, 0) is 6.42 Å². The van der Waals surface area contributed by atoms with Gasteiger partial charge in [0.05, 0.1) is 6.04 Å². The van der Waals surface area contributed by atoms with E-state index in [1.54, 1.807) is 0 Å². The summed E-state index contributed by atoms with van der Waals surface area (Å²) in [4.78, 5) is 6.80. The number of rotatable bonds is 3. The molecule has 5 heteroatoms. The van der Waals surface area contributed by atoms with E-state index in [1.165, 1.54) is 0 Å². The third-order valence-electron chi connectivity index (χ3n) is 3.38. The summed E-state index contributed by atoms with van der Waals surface area (Å²) in [5, 5.41) is 7.49. The number of aryl methyl sites for hydroxylation is 1. The molecule has 1 fully saturated rings. The monoisotopic (exact) mass is 252 g/mol. The first kappa shape index (κ1) is 13.5. The van der Waals surface area contributed by atoms with Crippen LogP contribution in [0.1, 0.15) is 44.9 Å². The smallest absolute Gasteiger partial charge is 0.226 e. The lowest BCUT2D eigenvalue weighted by Crippen LogP contribution is -2.44. The Labute approximate surface area is 109 Å². The van der Waals surface area contributed by atoms with Crippen molar-refractivity contribution in [3.63, 3.8) is 0 Å². The third kappa shape index (κ3) is 3.53. The molecule has 0 bridgehead atoms. The normalized spacial score (nSPS) is 22.3. The zero-order chi connectivity index (χ0) is 13.2. The molecule has 1 saturated heterocycles. The third-order valence-corrected chi connectivity index (χ3v) is 3.38. The number of piperazine rings is 1. The van der Waals surface area contributed by atoms with E-state index in [4.69, 9.17) is 4.52 Å². The van der Waals surface area contributed by atoms with Gasteiger partial charge >= 0.3 is 0 Å². The molecular formula is C13H24N4O. The van der Waals surface area contributed by atoms with E-state index < -0.39 is 0 Å². The highest BCUT2D eigenvalue weighted by Gasteiger charge is 2.25. The van der Waals surface area contributed by atoms with Gasteiger partial charge in [0.1, 0.15) is 0 Å². The van der Waals surface area contributed by atoms with Crippen LogP contribution in [0.5, 0.6) is 0 Å². The lowest BCUT2D eigenvalue weighted by Gasteiger charge is -2.30. The Kier molecular flexibility index (Phi) is 4.02. The Balaban J connectivity index is 1.97. The molecule has 0 saturated carbocycles. The van der Waals surface area contributed by atoms with Gasteiger partial charge in [-0.25, -0.2) is 0 Å². The van der Waals surface area contributed by atoms with Crippen LogP contribution in [0, 0.1) is 5.41 Å². The van der Waals surface area contributed by atoms with Crippen LogP contribution < -0.4 is 5.32 Å². The summed E-state index contributed by atoms with van der Waals surface area (Å²) in [6, 6.07) is 0.242. The zero-order valence-electron chi connectivity index (χ0n) is 11.9. The minimum absolute atomic E-state index is 0.242. The van der Waals surface area contributed by atoms with Crippen molar-refractivity contribution in [3.8, 4) is 0 Å². The van der Waals surface area contributed by atoms with Gasteiger partial charge < -0.3 is 9.84 Å². The highest BCUT2D eigenvalue weighted by atomic mass is 16.5. The first-order valence-electron chi connectivity index (χ1n) is 6.69. The summed E-state index contributed by atoms with van der Waals surface area (Å²) in [5.41, 5.74) is 0.303. The maximum absolute atomic E-state index is 5.35. The summed E-state index contributed by atoms with van der Waals surface area (Å²) in [5.74, 6) is 1.58. The molecule has 0 amide bonds. The lowest BCUT2D eigenvalue weighted by atomic mass is 9.91. The maximum atomic E-state index is 5.35. The highest BCUT2D eigenvalue weighted by Crippen LogP contribution is 2.22. The van der Waals surface area contributed by atoms with Crippen molar-refractivity contribution in [2.24, 2.45) is 5.41 Å². The van der Waals surface area contributed by atoms with Gasteiger partial charge in [-0.05, 0) is 18.9 Å². The van der Waals surface area contributed by atoms with E-state index in [0.717, 1.165) is 44.2 Å². The standard InChI is InChI=1S/C13H24N4O/c1-13(2,3)6-5-11-15-12(16-18-11)10-9-14-7-8-17(10)4/h10,14H,5-9H2,1-4H3. The molecule has 1 atom stereocenters. The fourth-order valence-electron chi connectivity index (χ4n) is 2.08. The van der Waals surface area contributed by atoms with E-state index in [2.05, 4.69) is 48.2 Å². The average Bonchev–Trinajstić information content (AvgIpc) is 2.75. The summed E-state index contributed by atoms with van der Waals surface area (Å²) >= 11 is 0. The van der Waals surface area contributed by atoms with Crippen LogP contribution in [0.2, 0.25) is 0 Å². The maximum Gasteiger partial charge on any atom is 0.226 e. The summed E-state index contributed by atoms with van der Waals surface area (Å²) in [7, 11) is 2.11. The van der Waals surface area contributed by atoms with Gasteiger partial charge in [0, 0.05) is 26.1 Å². The molecule has 1 N–H and O–H groups in total. The van der Waals surface area contributed by atoms with Gasteiger partial charge in [-0.2, -0.15) is 4.98 Å². The van der Waals surface area contributed by atoms with Crippen LogP contribution in [-0.4, -0.2) is 41.7 Å². The molecule has 0 aromatic carbocycles. The zero-order valence-corrected chi connectivity index (χ0v) is 11.9. The topological polar surface area (TPSA) is 54.2 Å². The van der Waals surface area contributed by atoms with Gasteiger partial charge in [0.15, 0.2) is 5.82 Å². The van der Waals surface area contributed by atoms with Gasteiger partial charge in [-0.15, -0.1) is 0 Å². The Morgan fingerprint density at radius 2 is 2.22 bits per heavy atom. The van der Waals surface area contributed by atoms with Gasteiger partial charge in [0.25, 0.3) is 0 Å². The number of aromatic nitrogens is 2. The molecule has 2 rings (SSSR count). The fraction of sp³-hybridized carbons (Fsp3) is 0.846. The largest absolute Gasteiger partial charge is 0.339 e. The highest BCUT2D eigenvalue weighted by molar-refractivity contribution is 4.98. The molecule has 102 valence electrons. The summed E-state index contributed by atoms with van der Waals surface area (Å²) in [6.45, 7) is 9.63. The van der Waals surface area contributed by atoms with Crippen LogP contribution >= 0.6 is 0 Å². The van der Waals surface area contributed by atoms with E-state index >= 15 is 0 Å². The molecule has 1 unspecified atom stereocenters. The second-order valence-corrected chi connectivity index (χ2v) is 6.31. The van der Waals surface area contributed by atoms with E-state index in [9.17, 15) is 0 Å². The molecule has 1 aromatic heterocycles. The Morgan fingerprint density at radius 3 is 2.89 bits per heavy atom. The molecule has 1 aliphatic heterocycles. The van der Waals surface area contributed by atoms with Gasteiger partial charge in [-0.1, -0.05) is 25.9 Å². The number of nitrogens with one attached hydrogen (secondary N) is 1. The molecule has 0 radical (unpaired) electrons. The van der Waals surface area contributed by atoms with Gasteiger partial charge in [-0.3, -0.25) is 4.90 Å². The average molecular weight is 252 g/mol. The molecule has 2 heterocycles. The Hall–Kier alpha value is -0.940. The van der Waals surface area contributed by atoms with Crippen molar-refractivity contribution >= 4 is 0 Å². The summed E-state index contributed by atoms with van der Waals surface area (Å²) < 4.78 is 5.35. The van der Waals surface area contributed by atoms with Crippen molar-refractivity contribution in [2.75, 3.05) is 26.7 Å². The fourth-order valence-corrected chi connectivity index (χ4v) is 2.08. The second kappa shape index (κ2) is 5.36. The molecule has 0 aliphatic carbocycles. The predicted molar refractivity (Wildman–Crippen MR) is 70.3 cm³/mol. The molecule has 1 aliphatic rings. The van der Waals surface area contributed by atoms with Crippen LogP contribution in [0.25, 0.3) is 0 Å². The number of likely N-dealkylation sites (N-methyl/N-ethyl adjacent to an activating group) is 1. The molecule has 1 aromatic rings. The predicted octanol–water partition coefficient (Wildman–Crippen LogP) is 1.62. The minimum atomic E-state index is 0.242. The van der Waals surface area contributed by atoms with Crippen LogP contribution in [0.15, 0.2) is 4.52 Å². The van der Waals surface area contributed by atoms with E-state index in [-0.39, 0.29) is 6.04 Å². The Bertz CT molecular complexity index is 383. The summed E-state index contributed by atoms with van der Waals surface area (Å²) in [6.07, 6.45) is 1.92. The molecule has 5 nitrogen and oxygen atoms in total. The Morgan fingerprint density at radius 1 is 1.44 bits per heavy atom. The quantitative estimate of drug-likeness (QED) is 0.886. The van der Waals surface area contributed by atoms with Crippen LogP contribution in [0.4, 0.5) is 0 Å². The van der Waals surface area contributed by atoms with Crippen molar-refractivity contribution < 1.29 is 4.52 Å². The van der Waals surface area contributed by atoms with Crippen molar-refractivity contribution in [1.29, 1.82) is 0 Å². The number of hydrogen-bond acceptors (Lipinski definition) is 5. The number of nitrogens with zero attached hydrogens (tertiary/aromatic N) is 3.